The van der Waals surface area contributed by atoms with Crippen molar-refractivity contribution in [1.82, 2.24) is 10.2 Å². The molecule has 3 rings (SSSR count). The Morgan fingerprint density at radius 2 is 1.96 bits per heavy atom. The lowest BCUT2D eigenvalue weighted by Crippen LogP contribution is -2.60. The molecule has 1 aliphatic carbocycles. The molecule has 5 nitrogen and oxygen atoms in total. The first kappa shape index (κ1) is 16.0. The van der Waals surface area contributed by atoms with Crippen molar-refractivity contribution in [3.05, 3.63) is 35.4 Å². The summed E-state index contributed by atoms with van der Waals surface area (Å²) in [7, 11) is 3.20. The number of carbonyl (C=O) groups excluding carboxylic acids is 2. The van der Waals surface area contributed by atoms with E-state index in [-0.39, 0.29) is 24.3 Å². The highest BCUT2D eigenvalue weighted by Gasteiger charge is 2.50. The smallest absolute Gasteiger partial charge is 0.248 e. The van der Waals surface area contributed by atoms with Crippen molar-refractivity contribution >= 4 is 11.8 Å². The maximum atomic E-state index is 13.1. The van der Waals surface area contributed by atoms with Gasteiger partial charge in [0, 0.05) is 26.6 Å². The number of hydrogen-bond acceptors (Lipinski definition) is 3. The Balaban J connectivity index is 1.82. The average molecular weight is 316 g/mol. The number of hydrogen-bond donors (Lipinski definition) is 1. The molecule has 1 saturated heterocycles. The van der Waals surface area contributed by atoms with Crippen LogP contribution in [0.15, 0.2) is 24.3 Å². The predicted molar refractivity (Wildman–Crippen MR) is 87.0 cm³/mol. The van der Waals surface area contributed by atoms with E-state index in [1.54, 1.807) is 19.1 Å². The third-order valence-electron chi connectivity index (χ3n) is 5.19. The lowest BCUT2D eigenvalue weighted by molar-refractivity contribution is -0.150. The van der Waals surface area contributed by atoms with E-state index in [0.29, 0.717) is 13.0 Å². The van der Waals surface area contributed by atoms with E-state index in [4.69, 9.17) is 4.74 Å². The number of methoxy groups -OCH3 is 1. The molecule has 1 atom stereocenters. The van der Waals surface area contributed by atoms with Gasteiger partial charge in [-0.05, 0) is 36.8 Å². The highest BCUT2D eigenvalue weighted by Crippen LogP contribution is 2.35. The van der Waals surface area contributed by atoms with Gasteiger partial charge in [-0.1, -0.05) is 24.3 Å². The molecule has 23 heavy (non-hydrogen) atoms. The summed E-state index contributed by atoms with van der Waals surface area (Å²) in [5, 5.41) is 2.71. The van der Waals surface area contributed by atoms with E-state index in [1.807, 2.05) is 12.1 Å². The molecule has 0 spiro atoms. The van der Waals surface area contributed by atoms with Crippen LogP contribution in [0, 0.1) is 5.92 Å². The third kappa shape index (κ3) is 2.63. The van der Waals surface area contributed by atoms with Gasteiger partial charge in [-0.15, -0.1) is 0 Å². The summed E-state index contributed by atoms with van der Waals surface area (Å²) in [6, 6.07) is 8.21. The minimum atomic E-state index is -0.852. The second kappa shape index (κ2) is 6.32. The van der Waals surface area contributed by atoms with Crippen molar-refractivity contribution in [3.63, 3.8) is 0 Å². The van der Waals surface area contributed by atoms with Crippen LogP contribution in [0.5, 0.6) is 0 Å². The first-order valence-corrected chi connectivity index (χ1v) is 8.22. The van der Waals surface area contributed by atoms with Crippen LogP contribution >= 0.6 is 0 Å². The molecule has 1 N–H and O–H groups in total. The second-order valence-corrected chi connectivity index (χ2v) is 6.51. The fourth-order valence-electron chi connectivity index (χ4n) is 4.08. The molecule has 1 aliphatic heterocycles. The molecular formula is C18H24N2O3. The number of nitrogens with one attached hydrogen (secondary N) is 1. The fraction of sp³-hybridized carbons (Fsp3) is 0.556. The van der Waals surface area contributed by atoms with Crippen molar-refractivity contribution in [2.75, 3.05) is 27.3 Å². The summed E-state index contributed by atoms with van der Waals surface area (Å²) in [5.74, 6) is -0.105. The highest BCUT2D eigenvalue weighted by molar-refractivity contribution is 5.93. The highest BCUT2D eigenvalue weighted by atomic mass is 16.5. The maximum Gasteiger partial charge on any atom is 0.248 e. The van der Waals surface area contributed by atoms with Gasteiger partial charge in [0.25, 0.3) is 0 Å². The fourth-order valence-corrected chi connectivity index (χ4v) is 4.08. The average Bonchev–Trinajstić information content (AvgIpc) is 3.18. The molecule has 1 aromatic carbocycles. The van der Waals surface area contributed by atoms with Gasteiger partial charge in [0.1, 0.15) is 5.54 Å². The van der Waals surface area contributed by atoms with E-state index in [9.17, 15) is 9.59 Å². The Hall–Kier alpha value is -1.88. The molecule has 0 saturated carbocycles. The Kier molecular flexibility index (Phi) is 4.39. The first-order chi connectivity index (χ1) is 11.1. The largest absolute Gasteiger partial charge is 0.382 e. The van der Waals surface area contributed by atoms with Crippen molar-refractivity contribution in [2.24, 2.45) is 5.92 Å². The van der Waals surface area contributed by atoms with Crippen LogP contribution in [0.4, 0.5) is 0 Å². The summed E-state index contributed by atoms with van der Waals surface area (Å²) in [6.07, 6.45) is 3.03. The minimum Gasteiger partial charge on any atom is -0.382 e. The van der Waals surface area contributed by atoms with E-state index < -0.39 is 5.54 Å². The van der Waals surface area contributed by atoms with Crippen LogP contribution < -0.4 is 5.32 Å². The summed E-state index contributed by atoms with van der Waals surface area (Å²) in [6.45, 7) is 0.876. The number of fused-ring (bicyclic) bond motifs is 1. The molecule has 2 amide bonds. The summed E-state index contributed by atoms with van der Waals surface area (Å²) >= 11 is 0. The molecule has 2 aliphatic rings. The van der Waals surface area contributed by atoms with E-state index in [1.165, 1.54) is 11.1 Å². The van der Waals surface area contributed by atoms with Gasteiger partial charge in [-0.25, -0.2) is 0 Å². The van der Waals surface area contributed by atoms with Gasteiger partial charge in [-0.2, -0.15) is 0 Å². The monoisotopic (exact) mass is 316 g/mol. The number of nitrogens with zero attached hydrogens (tertiary/aromatic N) is 1. The van der Waals surface area contributed by atoms with Gasteiger partial charge >= 0.3 is 0 Å². The summed E-state index contributed by atoms with van der Waals surface area (Å²) < 4.78 is 5.30. The van der Waals surface area contributed by atoms with Gasteiger partial charge in [0.2, 0.25) is 11.8 Å². The molecule has 1 unspecified atom stereocenters. The second-order valence-electron chi connectivity index (χ2n) is 6.51. The SMILES string of the molecule is CNC(=O)C1(COC)CCCN1C(=O)C1Cc2ccccc2C1. The van der Waals surface area contributed by atoms with Gasteiger partial charge in [-0.3, -0.25) is 9.59 Å². The normalized spacial score (nSPS) is 23.8. The quantitative estimate of drug-likeness (QED) is 0.907. The van der Waals surface area contributed by atoms with E-state index in [0.717, 1.165) is 19.3 Å². The zero-order chi connectivity index (χ0) is 16.4. The third-order valence-corrected chi connectivity index (χ3v) is 5.19. The number of benzene rings is 1. The van der Waals surface area contributed by atoms with Gasteiger partial charge < -0.3 is 15.0 Å². The Morgan fingerprint density at radius 3 is 2.52 bits per heavy atom. The lowest BCUT2D eigenvalue weighted by Gasteiger charge is -2.37. The molecule has 1 fully saturated rings. The molecule has 1 heterocycles. The molecule has 0 aromatic heterocycles. The van der Waals surface area contributed by atoms with Crippen LogP contribution in [0.2, 0.25) is 0 Å². The number of ether oxygens (including phenoxy) is 1. The summed E-state index contributed by atoms with van der Waals surface area (Å²) in [4.78, 5) is 27.4. The summed E-state index contributed by atoms with van der Waals surface area (Å²) in [5.41, 5.74) is 1.65. The number of rotatable bonds is 4. The van der Waals surface area contributed by atoms with Crippen LogP contribution in [0.3, 0.4) is 0 Å². The lowest BCUT2D eigenvalue weighted by atomic mass is 9.93. The van der Waals surface area contributed by atoms with Crippen molar-refractivity contribution in [3.8, 4) is 0 Å². The Bertz CT molecular complexity index is 591. The molecular weight excluding hydrogens is 292 g/mol. The molecule has 1 aromatic rings. The number of carbonyl (C=O) groups is 2. The Morgan fingerprint density at radius 1 is 1.30 bits per heavy atom. The number of likely N-dealkylation sites (N-methyl/N-ethyl adjacent to an activating group) is 1. The zero-order valence-corrected chi connectivity index (χ0v) is 13.8. The predicted octanol–water partition coefficient (Wildman–Crippen LogP) is 1.15. The van der Waals surface area contributed by atoms with Crippen molar-refractivity contribution in [1.29, 1.82) is 0 Å². The molecule has 0 bridgehead atoms. The van der Waals surface area contributed by atoms with Crippen molar-refractivity contribution in [2.45, 2.75) is 31.2 Å². The van der Waals surface area contributed by atoms with Gasteiger partial charge in [0.15, 0.2) is 0 Å². The topological polar surface area (TPSA) is 58.6 Å². The minimum absolute atomic E-state index is 0.0635. The Labute approximate surface area is 137 Å². The number of amides is 2. The van der Waals surface area contributed by atoms with E-state index >= 15 is 0 Å². The van der Waals surface area contributed by atoms with Crippen LogP contribution in [-0.2, 0) is 27.2 Å². The van der Waals surface area contributed by atoms with Crippen LogP contribution in [0.25, 0.3) is 0 Å². The van der Waals surface area contributed by atoms with Crippen molar-refractivity contribution < 1.29 is 14.3 Å². The first-order valence-electron chi connectivity index (χ1n) is 8.22. The standard InChI is InChI=1S/C18H24N2O3/c1-19-17(22)18(12-23-2)8-5-9-20(18)16(21)15-10-13-6-3-4-7-14(13)11-15/h3-4,6-7,15H,5,8-12H2,1-2H3,(H,19,22). The molecule has 5 heteroatoms. The zero-order valence-electron chi connectivity index (χ0n) is 13.8. The van der Waals surface area contributed by atoms with E-state index in [2.05, 4.69) is 17.4 Å². The van der Waals surface area contributed by atoms with Crippen LogP contribution in [-0.4, -0.2) is 49.6 Å². The van der Waals surface area contributed by atoms with Crippen LogP contribution in [0.1, 0.15) is 24.0 Å². The van der Waals surface area contributed by atoms with Gasteiger partial charge in [0.05, 0.1) is 6.61 Å². The molecule has 124 valence electrons. The maximum absolute atomic E-state index is 13.1. The number of likely N-dealkylation sites (tertiary alicyclic amines) is 1. The molecule has 0 radical (unpaired) electrons.